The molecule has 0 radical (unpaired) electrons. The third kappa shape index (κ3) is 5.94. The Morgan fingerprint density at radius 1 is 0.317 bits per heavy atom. The van der Waals surface area contributed by atoms with Crippen LogP contribution in [0.2, 0.25) is 0 Å². The highest BCUT2D eigenvalue weighted by Gasteiger charge is 2.43. The maximum Gasteiger partial charge on any atom is 0.148 e. The second-order valence-corrected chi connectivity index (χ2v) is 19.0. The average Bonchev–Trinajstić information content (AvgIpc) is 4.09. The monoisotopic (exact) mass is 796 g/mol. The van der Waals surface area contributed by atoms with E-state index in [0.717, 1.165) is 44.8 Å². The van der Waals surface area contributed by atoms with Gasteiger partial charge in [-0.3, -0.25) is 19.2 Å². The van der Waals surface area contributed by atoms with E-state index in [1.807, 2.05) is 104 Å². The Morgan fingerprint density at radius 3 is 0.700 bits per heavy atom. The summed E-state index contributed by atoms with van der Waals surface area (Å²) in [5, 5.41) is 4.80. The van der Waals surface area contributed by atoms with Crippen molar-refractivity contribution in [1.29, 1.82) is 0 Å². The summed E-state index contributed by atoms with van der Waals surface area (Å²) in [7, 11) is 0. The molecule has 60 heavy (non-hydrogen) atoms. The van der Waals surface area contributed by atoms with Gasteiger partial charge in [-0.05, 0) is 102 Å². The molecule has 0 atom stereocenters. The minimum atomic E-state index is -0.339. The van der Waals surface area contributed by atoms with Crippen molar-refractivity contribution in [3.63, 3.8) is 0 Å². The van der Waals surface area contributed by atoms with Gasteiger partial charge in [0.1, 0.15) is 23.1 Å². The van der Waals surface area contributed by atoms with Crippen LogP contribution >= 0.6 is 0 Å². The van der Waals surface area contributed by atoms with E-state index in [-0.39, 0.29) is 21.7 Å². The fourth-order valence-electron chi connectivity index (χ4n) is 9.75. The highest BCUT2D eigenvalue weighted by Crippen LogP contribution is 2.42. The molecule has 8 aromatic rings. The number of carbonyl (C=O) groups is 4. The van der Waals surface area contributed by atoms with Gasteiger partial charge >= 0.3 is 0 Å². The zero-order valence-corrected chi connectivity index (χ0v) is 35.7. The Hall–Kier alpha value is -6.28. The smallest absolute Gasteiger partial charge is 0.148 e. The van der Waals surface area contributed by atoms with E-state index < -0.39 is 0 Å². The minimum Gasteiger partial charge on any atom is -0.357 e. The number of benzene rings is 4. The van der Waals surface area contributed by atoms with Crippen molar-refractivity contribution in [3.8, 4) is 0 Å². The fraction of sp³-hybridized carbons (Fsp3) is 0.308. The summed E-state index contributed by atoms with van der Waals surface area (Å²) in [6.07, 6.45) is 2.30. The van der Waals surface area contributed by atoms with Crippen molar-refractivity contribution in [3.05, 3.63) is 142 Å². The van der Waals surface area contributed by atoms with Crippen LogP contribution in [0.5, 0.6) is 0 Å². The fourth-order valence-corrected chi connectivity index (χ4v) is 9.75. The molecule has 304 valence electrons. The summed E-state index contributed by atoms with van der Waals surface area (Å²) in [6, 6.07) is 32.7. The molecule has 0 aliphatic heterocycles. The zero-order chi connectivity index (χ0) is 42.5. The molecule has 0 saturated heterocycles. The van der Waals surface area contributed by atoms with Crippen molar-refractivity contribution in [2.75, 3.05) is 0 Å². The summed E-state index contributed by atoms with van der Waals surface area (Å²) in [6.45, 7) is 16.0. The van der Waals surface area contributed by atoms with Crippen LogP contribution in [0.1, 0.15) is 100 Å². The first-order valence-electron chi connectivity index (χ1n) is 21.0. The number of para-hydroxylation sites is 4. The molecule has 8 heteroatoms. The third-order valence-electron chi connectivity index (χ3n) is 13.9. The van der Waals surface area contributed by atoms with Gasteiger partial charge in [-0.25, -0.2) is 0 Å². The molecule has 12 rings (SSSR count). The molecule has 0 spiro atoms. The SMILES string of the molecule is CC1(C)C(=O)Cc2c1[nH]c1ccccc21.CC1(C)C(=O)Cc2c1[nH]c1ccccc21.CC1(C)C(=O)Cc2c1[nH]c1ccccc21.CC1(C)C(=O)Cc2c1[nH]c1ccccc21. The molecular formula is C52H52N4O4. The number of hydrogen-bond donors (Lipinski definition) is 4. The van der Waals surface area contributed by atoms with Crippen LogP contribution < -0.4 is 0 Å². The third-order valence-corrected chi connectivity index (χ3v) is 13.9. The molecule has 0 saturated carbocycles. The van der Waals surface area contributed by atoms with Crippen LogP contribution in [0.15, 0.2) is 97.1 Å². The van der Waals surface area contributed by atoms with Crippen molar-refractivity contribution in [2.45, 2.75) is 103 Å². The maximum atomic E-state index is 11.8. The lowest BCUT2D eigenvalue weighted by Gasteiger charge is -2.14. The molecule has 4 aliphatic rings. The number of ketones is 4. The van der Waals surface area contributed by atoms with E-state index in [1.54, 1.807) is 0 Å². The number of carbonyl (C=O) groups excluding carboxylic acids is 4. The molecule has 0 fully saturated rings. The maximum absolute atomic E-state index is 11.8. The first kappa shape index (κ1) is 39.2. The number of aromatic amines is 4. The second-order valence-electron chi connectivity index (χ2n) is 19.0. The molecule has 4 aromatic heterocycles. The van der Waals surface area contributed by atoms with Crippen molar-refractivity contribution >= 4 is 66.7 Å². The van der Waals surface area contributed by atoms with Crippen LogP contribution in [0.4, 0.5) is 0 Å². The molecule has 8 nitrogen and oxygen atoms in total. The van der Waals surface area contributed by atoms with Crippen LogP contribution in [0.25, 0.3) is 43.6 Å². The summed E-state index contributed by atoms with van der Waals surface area (Å²) in [5.74, 6) is 1.26. The van der Waals surface area contributed by atoms with E-state index >= 15 is 0 Å². The van der Waals surface area contributed by atoms with Crippen LogP contribution in [0.3, 0.4) is 0 Å². The predicted molar refractivity (Wildman–Crippen MR) is 240 cm³/mol. The highest BCUT2D eigenvalue weighted by molar-refractivity contribution is 6.04. The van der Waals surface area contributed by atoms with E-state index in [4.69, 9.17) is 0 Å². The van der Waals surface area contributed by atoms with E-state index in [2.05, 4.69) is 68.5 Å². The average molecular weight is 797 g/mol. The van der Waals surface area contributed by atoms with Crippen molar-refractivity contribution < 1.29 is 19.2 Å². The van der Waals surface area contributed by atoms with Gasteiger partial charge in [-0.2, -0.15) is 0 Å². The van der Waals surface area contributed by atoms with E-state index in [9.17, 15) is 19.2 Å². The van der Waals surface area contributed by atoms with Gasteiger partial charge in [0.05, 0.1) is 21.7 Å². The predicted octanol–water partition coefficient (Wildman–Crippen LogP) is 10.3. The highest BCUT2D eigenvalue weighted by atomic mass is 16.1. The Kier molecular flexibility index (Phi) is 8.90. The van der Waals surface area contributed by atoms with Gasteiger partial charge in [0, 0.05) is 92.1 Å². The lowest BCUT2D eigenvalue weighted by Crippen LogP contribution is -2.24. The lowest BCUT2D eigenvalue weighted by atomic mass is 9.90. The number of H-pyrrole nitrogens is 4. The van der Waals surface area contributed by atoms with Crippen LogP contribution in [-0.4, -0.2) is 43.1 Å². The summed E-state index contributed by atoms with van der Waals surface area (Å²) in [4.78, 5) is 60.9. The van der Waals surface area contributed by atoms with Gasteiger partial charge in [0.25, 0.3) is 0 Å². The normalized spacial score (nSPS) is 18.4. The number of nitrogens with one attached hydrogen (secondary N) is 4. The Labute approximate surface area is 349 Å². The number of hydrogen-bond acceptors (Lipinski definition) is 4. The molecule has 4 aromatic carbocycles. The van der Waals surface area contributed by atoms with Crippen LogP contribution in [-0.2, 0) is 66.5 Å². The number of fused-ring (bicyclic) bond motifs is 12. The molecule has 0 amide bonds. The Morgan fingerprint density at radius 2 is 0.500 bits per heavy atom. The van der Waals surface area contributed by atoms with E-state index in [1.165, 1.54) is 43.8 Å². The van der Waals surface area contributed by atoms with Gasteiger partial charge in [-0.15, -0.1) is 0 Å². The number of rotatable bonds is 0. The zero-order valence-electron chi connectivity index (χ0n) is 35.7. The van der Waals surface area contributed by atoms with Gasteiger partial charge in [0.2, 0.25) is 0 Å². The molecule has 0 unspecified atom stereocenters. The Bertz CT molecular complexity index is 2670. The van der Waals surface area contributed by atoms with Gasteiger partial charge in [0.15, 0.2) is 0 Å². The molecule has 4 aliphatic carbocycles. The molecule has 4 heterocycles. The molecule has 4 N–H and O–H groups in total. The summed E-state index contributed by atoms with van der Waals surface area (Å²) >= 11 is 0. The standard InChI is InChI=1S/4C13H13NO/c4*1-13(2)11(15)7-9-8-5-3-4-6-10(8)14-12(9)13/h4*3-6,14H,7H2,1-2H3. The van der Waals surface area contributed by atoms with Crippen LogP contribution in [0, 0.1) is 0 Å². The molecular weight excluding hydrogens is 745 g/mol. The Balaban J connectivity index is 0.000000103. The second kappa shape index (κ2) is 13.6. The van der Waals surface area contributed by atoms with Crippen molar-refractivity contribution in [2.24, 2.45) is 0 Å². The van der Waals surface area contributed by atoms with Gasteiger partial charge in [-0.1, -0.05) is 72.8 Å². The van der Waals surface area contributed by atoms with E-state index in [0.29, 0.717) is 48.8 Å². The lowest BCUT2D eigenvalue weighted by molar-refractivity contribution is -0.122. The summed E-state index contributed by atoms with van der Waals surface area (Å²) in [5.41, 5.74) is 12.4. The van der Waals surface area contributed by atoms with Gasteiger partial charge < -0.3 is 19.9 Å². The first-order chi connectivity index (χ1) is 28.4. The minimum absolute atomic E-state index is 0.314. The first-order valence-corrected chi connectivity index (χ1v) is 21.0. The number of Topliss-reactive ketones (excluding diaryl/α,β-unsaturated/α-hetero) is 4. The summed E-state index contributed by atoms with van der Waals surface area (Å²) < 4.78 is 0. The van der Waals surface area contributed by atoms with Crippen molar-refractivity contribution in [1.82, 2.24) is 19.9 Å². The number of aromatic nitrogens is 4. The largest absolute Gasteiger partial charge is 0.357 e. The quantitative estimate of drug-likeness (QED) is 0.122. The topological polar surface area (TPSA) is 131 Å². The molecule has 0 bridgehead atoms.